The van der Waals surface area contributed by atoms with E-state index < -0.39 is 5.97 Å². The van der Waals surface area contributed by atoms with Crippen molar-refractivity contribution in [3.63, 3.8) is 0 Å². The van der Waals surface area contributed by atoms with Crippen LogP contribution in [0, 0.1) is 11.3 Å². The van der Waals surface area contributed by atoms with Crippen LogP contribution in [0.3, 0.4) is 0 Å². The maximum atomic E-state index is 11.1. The first kappa shape index (κ1) is 17.1. The zero-order chi connectivity index (χ0) is 17.2. The third-order valence-electron chi connectivity index (χ3n) is 5.85. The number of carboxylic acid groups (broad SMARTS) is 1. The summed E-state index contributed by atoms with van der Waals surface area (Å²) in [6, 6.07) is 6.34. The van der Waals surface area contributed by atoms with E-state index in [1.54, 1.807) is 14.2 Å². The highest BCUT2D eigenvalue weighted by atomic mass is 16.5. The van der Waals surface area contributed by atoms with E-state index in [0.717, 1.165) is 62.1 Å². The van der Waals surface area contributed by atoms with Gasteiger partial charge in [-0.05, 0) is 56.1 Å². The van der Waals surface area contributed by atoms with Gasteiger partial charge in [-0.15, -0.1) is 0 Å². The van der Waals surface area contributed by atoms with Crippen molar-refractivity contribution in [3.05, 3.63) is 23.8 Å². The van der Waals surface area contributed by atoms with Gasteiger partial charge in [-0.3, -0.25) is 4.79 Å². The fourth-order valence-corrected chi connectivity index (χ4v) is 4.36. The lowest BCUT2D eigenvalue weighted by molar-refractivity contribution is -0.144. The van der Waals surface area contributed by atoms with E-state index in [1.165, 1.54) is 0 Å². The Morgan fingerprint density at radius 2 is 1.79 bits per heavy atom. The van der Waals surface area contributed by atoms with Crippen LogP contribution in [0.5, 0.6) is 11.5 Å². The molecule has 0 amide bonds. The normalized spacial score (nSPS) is 29.1. The summed E-state index contributed by atoms with van der Waals surface area (Å²) in [6.07, 6.45) is 6.08. The number of rotatable bonds is 6. The lowest BCUT2D eigenvalue weighted by Crippen LogP contribution is -2.50. The van der Waals surface area contributed by atoms with Gasteiger partial charge in [0, 0.05) is 18.2 Å². The number of carboxylic acids is 1. The standard InChI is InChI=1S/C19H27NO4/c1-23-16-4-3-5-17(24-2)15(16)12-20-14-10-19(11-14)8-6-13(7-9-19)18(21)22/h3-5,13-14,20H,6-12H2,1-2H3,(H,21,22). The molecule has 1 spiro atoms. The Hall–Kier alpha value is -1.75. The van der Waals surface area contributed by atoms with Gasteiger partial charge in [-0.1, -0.05) is 6.07 Å². The predicted molar refractivity (Wildman–Crippen MR) is 91.4 cm³/mol. The van der Waals surface area contributed by atoms with Gasteiger partial charge in [0.05, 0.1) is 20.1 Å². The molecule has 0 saturated heterocycles. The Kier molecular flexibility index (Phi) is 4.99. The Morgan fingerprint density at radius 1 is 1.21 bits per heavy atom. The lowest BCUT2D eigenvalue weighted by Gasteiger charge is -2.51. The Balaban J connectivity index is 1.51. The largest absolute Gasteiger partial charge is 0.496 e. The zero-order valence-electron chi connectivity index (χ0n) is 14.5. The number of hydrogen-bond acceptors (Lipinski definition) is 4. The molecule has 0 aliphatic heterocycles. The quantitative estimate of drug-likeness (QED) is 0.837. The van der Waals surface area contributed by atoms with E-state index in [-0.39, 0.29) is 5.92 Å². The smallest absolute Gasteiger partial charge is 0.306 e. The molecule has 2 fully saturated rings. The highest BCUT2D eigenvalue weighted by Crippen LogP contribution is 2.53. The molecule has 0 bridgehead atoms. The van der Waals surface area contributed by atoms with Gasteiger partial charge < -0.3 is 19.9 Å². The van der Waals surface area contributed by atoms with Gasteiger partial charge in [-0.25, -0.2) is 0 Å². The van der Waals surface area contributed by atoms with E-state index in [4.69, 9.17) is 14.6 Å². The van der Waals surface area contributed by atoms with Crippen LogP contribution >= 0.6 is 0 Å². The zero-order valence-corrected chi connectivity index (χ0v) is 14.5. The van der Waals surface area contributed by atoms with E-state index >= 15 is 0 Å². The molecule has 132 valence electrons. The molecular formula is C19H27NO4. The van der Waals surface area contributed by atoms with Crippen molar-refractivity contribution in [2.75, 3.05) is 14.2 Å². The molecule has 2 N–H and O–H groups in total. The Labute approximate surface area is 143 Å². The third-order valence-corrected chi connectivity index (χ3v) is 5.85. The lowest BCUT2D eigenvalue weighted by atomic mass is 9.57. The van der Waals surface area contributed by atoms with Crippen LogP contribution in [-0.4, -0.2) is 31.3 Å². The van der Waals surface area contributed by atoms with Crippen molar-refractivity contribution in [1.82, 2.24) is 5.32 Å². The van der Waals surface area contributed by atoms with Gasteiger partial charge in [0.15, 0.2) is 0 Å². The number of nitrogens with one attached hydrogen (secondary N) is 1. The van der Waals surface area contributed by atoms with Gasteiger partial charge in [0.25, 0.3) is 0 Å². The molecule has 0 heterocycles. The summed E-state index contributed by atoms with van der Waals surface area (Å²) in [5.74, 6) is 0.943. The molecule has 2 aliphatic carbocycles. The summed E-state index contributed by atoms with van der Waals surface area (Å²) in [5.41, 5.74) is 1.44. The monoisotopic (exact) mass is 333 g/mol. The number of hydrogen-bond donors (Lipinski definition) is 2. The van der Waals surface area contributed by atoms with Crippen molar-refractivity contribution >= 4 is 5.97 Å². The molecule has 0 atom stereocenters. The summed E-state index contributed by atoms with van der Waals surface area (Å²) in [4.78, 5) is 11.1. The topological polar surface area (TPSA) is 67.8 Å². The minimum atomic E-state index is -0.623. The second-order valence-corrected chi connectivity index (χ2v) is 7.24. The van der Waals surface area contributed by atoms with E-state index in [0.29, 0.717) is 11.5 Å². The first-order valence-corrected chi connectivity index (χ1v) is 8.73. The molecule has 24 heavy (non-hydrogen) atoms. The average Bonchev–Trinajstić information content (AvgIpc) is 2.57. The third kappa shape index (κ3) is 3.36. The van der Waals surface area contributed by atoms with Gasteiger partial charge in [0.2, 0.25) is 0 Å². The Bertz CT molecular complexity index is 563. The first-order valence-electron chi connectivity index (χ1n) is 8.73. The summed E-state index contributed by atoms with van der Waals surface area (Å²) in [5, 5.41) is 12.7. The minimum absolute atomic E-state index is 0.125. The molecule has 1 aromatic rings. The molecule has 3 rings (SSSR count). The van der Waals surface area contributed by atoms with Gasteiger partial charge in [0.1, 0.15) is 11.5 Å². The highest BCUT2D eigenvalue weighted by molar-refractivity contribution is 5.70. The summed E-state index contributed by atoms with van der Waals surface area (Å²) < 4.78 is 10.9. The first-order chi connectivity index (χ1) is 11.6. The van der Waals surface area contributed by atoms with Gasteiger partial charge in [-0.2, -0.15) is 0 Å². The van der Waals surface area contributed by atoms with E-state index in [1.807, 2.05) is 18.2 Å². The van der Waals surface area contributed by atoms with Crippen molar-refractivity contribution in [3.8, 4) is 11.5 Å². The van der Waals surface area contributed by atoms with E-state index in [2.05, 4.69) is 5.32 Å². The van der Waals surface area contributed by atoms with Crippen molar-refractivity contribution in [1.29, 1.82) is 0 Å². The summed E-state index contributed by atoms with van der Waals surface area (Å²) in [7, 11) is 3.36. The molecule has 1 aromatic carbocycles. The molecule has 2 aliphatic rings. The number of benzene rings is 1. The minimum Gasteiger partial charge on any atom is -0.496 e. The van der Waals surface area contributed by atoms with Crippen LogP contribution < -0.4 is 14.8 Å². The molecule has 0 aromatic heterocycles. The summed E-state index contributed by atoms with van der Waals surface area (Å²) >= 11 is 0. The Morgan fingerprint density at radius 3 is 2.29 bits per heavy atom. The SMILES string of the molecule is COc1cccc(OC)c1CNC1CC2(CCC(C(=O)O)CC2)C1. The average molecular weight is 333 g/mol. The van der Waals surface area contributed by atoms with E-state index in [9.17, 15) is 4.79 Å². The summed E-state index contributed by atoms with van der Waals surface area (Å²) in [6.45, 7) is 0.728. The predicted octanol–water partition coefficient (Wildman–Crippen LogP) is 3.22. The van der Waals surface area contributed by atoms with Crippen molar-refractivity contribution in [2.24, 2.45) is 11.3 Å². The fourth-order valence-electron chi connectivity index (χ4n) is 4.36. The molecular weight excluding hydrogens is 306 g/mol. The van der Waals surface area contributed by atoms with Crippen molar-refractivity contribution in [2.45, 2.75) is 51.1 Å². The highest BCUT2D eigenvalue weighted by Gasteiger charge is 2.46. The molecule has 2 saturated carbocycles. The molecule has 0 unspecified atom stereocenters. The molecule has 5 nitrogen and oxygen atoms in total. The molecule has 5 heteroatoms. The van der Waals surface area contributed by atoms with Crippen LogP contribution in [0.25, 0.3) is 0 Å². The second kappa shape index (κ2) is 7.01. The molecule has 0 radical (unpaired) electrons. The van der Waals surface area contributed by atoms with Crippen LogP contribution in [-0.2, 0) is 11.3 Å². The van der Waals surface area contributed by atoms with Gasteiger partial charge >= 0.3 is 5.97 Å². The fraction of sp³-hybridized carbons (Fsp3) is 0.632. The second-order valence-electron chi connectivity index (χ2n) is 7.24. The van der Waals surface area contributed by atoms with Crippen LogP contribution in [0.4, 0.5) is 0 Å². The van der Waals surface area contributed by atoms with Crippen LogP contribution in [0.15, 0.2) is 18.2 Å². The number of aliphatic carboxylic acids is 1. The van der Waals surface area contributed by atoms with Crippen molar-refractivity contribution < 1.29 is 19.4 Å². The maximum absolute atomic E-state index is 11.1. The number of ether oxygens (including phenoxy) is 2. The van der Waals surface area contributed by atoms with Crippen LogP contribution in [0.2, 0.25) is 0 Å². The maximum Gasteiger partial charge on any atom is 0.306 e. The van der Waals surface area contributed by atoms with Crippen LogP contribution in [0.1, 0.15) is 44.1 Å². The number of carbonyl (C=O) groups is 1. The number of methoxy groups -OCH3 is 2.